The van der Waals surface area contributed by atoms with Crippen LogP contribution in [-0.4, -0.2) is 14.7 Å². The van der Waals surface area contributed by atoms with Crippen molar-refractivity contribution >= 4 is 44.9 Å². The number of halogens is 1. The Morgan fingerprint density at radius 3 is 1.86 bits per heavy atom. The molecule has 4 rings (SSSR count). The van der Waals surface area contributed by atoms with Gasteiger partial charge in [-0.3, -0.25) is 0 Å². The molecule has 0 saturated heterocycles. The van der Waals surface area contributed by atoms with Crippen LogP contribution in [0, 0.1) is 0 Å². The van der Waals surface area contributed by atoms with E-state index < -0.39 is 11.4 Å². The zero-order chi connectivity index (χ0) is 26.0. The van der Waals surface area contributed by atoms with Crippen molar-refractivity contribution in [3.05, 3.63) is 130 Å². The molecule has 5 N–H and O–H groups in total. The molecule has 0 saturated carbocycles. The molecule has 1 unspecified atom stereocenters. The van der Waals surface area contributed by atoms with E-state index in [0.29, 0.717) is 28.0 Å². The molecule has 0 aliphatic rings. The predicted molar refractivity (Wildman–Crippen MR) is 157 cm³/mol. The van der Waals surface area contributed by atoms with Crippen LogP contribution in [-0.2, 0) is 30.2 Å². The minimum atomic E-state index is -1.58. The number of nitrogens with zero attached hydrogens (tertiary/aromatic N) is 2. The summed E-state index contributed by atoms with van der Waals surface area (Å²) >= 11 is 3.64. The number of hydrogen-bond acceptors (Lipinski definition) is 6. The Hall–Kier alpha value is -2.79. The lowest BCUT2D eigenvalue weighted by molar-refractivity contribution is 0.399. The second-order valence-electron chi connectivity index (χ2n) is 8.17. The standard InChI is InChI=1S/C28H28BrN5OS2/c29-24-16-17-25(36-20-23-14-8-3-9-15-23)27(26(24)28(30)32-33-31)37(35)34(18-21-10-4-1-5-11-21)19-22-12-6-2-7-13-22/h1-17,33H,18-20,31H2,(H2,30,32). The van der Waals surface area contributed by atoms with Gasteiger partial charge in [0, 0.05) is 10.2 Å². The summed E-state index contributed by atoms with van der Waals surface area (Å²) in [6.45, 7) is 0.979. The smallest absolute Gasteiger partial charge is 0.199 e. The normalized spacial score (nSPS) is 12.5. The fraction of sp³-hybridized carbons (Fsp3) is 0.107. The van der Waals surface area contributed by atoms with Crippen LogP contribution < -0.4 is 17.1 Å². The van der Waals surface area contributed by atoms with Gasteiger partial charge >= 0.3 is 0 Å². The monoisotopic (exact) mass is 593 g/mol. The van der Waals surface area contributed by atoms with Gasteiger partial charge in [-0.25, -0.2) is 11.4 Å². The molecule has 0 fully saturated rings. The van der Waals surface area contributed by atoms with E-state index in [1.807, 2.05) is 95.3 Å². The SMILES string of the molecule is NN/N=C(\N)c1c(Br)ccc(SCc2ccccc2)c1[S+]([O-])N(Cc1ccccc1)Cc1ccccc1. The average molecular weight is 595 g/mol. The van der Waals surface area contributed by atoms with Gasteiger partial charge in [0.2, 0.25) is 0 Å². The van der Waals surface area contributed by atoms with Gasteiger partial charge in [-0.05, 0) is 44.8 Å². The maximum Gasteiger partial charge on any atom is 0.199 e. The Morgan fingerprint density at radius 1 is 0.838 bits per heavy atom. The molecule has 4 aromatic carbocycles. The Bertz CT molecular complexity index is 1270. The Morgan fingerprint density at radius 2 is 1.35 bits per heavy atom. The number of rotatable bonds is 11. The van der Waals surface area contributed by atoms with E-state index in [1.165, 1.54) is 5.56 Å². The lowest BCUT2D eigenvalue weighted by Gasteiger charge is -2.27. The quantitative estimate of drug-likeness (QED) is 0.0526. The van der Waals surface area contributed by atoms with Gasteiger partial charge in [0.25, 0.3) is 0 Å². The van der Waals surface area contributed by atoms with Crippen LogP contribution in [0.25, 0.3) is 0 Å². The van der Waals surface area contributed by atoms with Gasteiger partial charge < -0.3 is 10.3 Å². The van der Waals surface area contributed by atoms with Crippen LogP contribution >= 0.6 is 27.7 Å². The van der Waals surface area contributed by atoms with Crippen molar-refractivity contribution < 1.29 is 4.55 Å². The number of amidine groups is 1. The predicted octanol–water partition coefficient (Wildman–Crippen LogP) is 5.55. The maximum atomic E-state index is 14.5. The van der Waals surface area contributed by atoms with Gasteiger partial charge in [-0.2, -0.15) is 0 Å². The molecule has 0 heterocycles. The highest BCUT2D eigenvalue weighted by molar-refractivity contribution is 9.10. The first-order chi connectivity index (χ1) is 18.1. The minimum absolute atomic E-state index is 0.152. The van der Waals surface area contributed by atoms with E-state index in [-0.39, 0.29) is 5.84 Å². The van der Waals surface area contributed by atoms with E-state index in [4.69, 9.17) is 11.6 Å². The molecule has 4 aromatic rings. The van der Waals surface area contributed by atoms with E-state index in [2.05, 4.69) is 38.7 Å². The number of nitrogens with one attached hydrogen (secondary N) is 1. The average Bonchev–Trinajstić information content (AvgIpc) is 2.93. The fourth-order valence-corrected chi connectivity index (χ4v) is 7.19. The molecule has 0 bridgehead atoms. The molecule has 0 radical (unpaired) electrons. The van der Waals surface area contributed by atoms with Crippen molar-refractivity contribution in [3.8, 4) is 0 Å². The maximum absolute atomic E-state index is 14.5. The molecule has 0 aliphatic carbocycles. The van der Waals surface area contributed by atoms with Crippen LogP contribution in [0.1, 0.15) is 22.3 Å². The largest absolute Gasteiger partial charge is 0.593 e. The molecule has 6 nitrogen and oxygen atoms in total. The summed E-state index contributed by atoms with van der Waals surface area (Å²) in [5.41, 5.74) is 12.5. The van der Waals surface area contributed by atoms with Crippen molar-refractivity contribution in [1.29, 1.82) is 0 Å². The summed E-state index contributed by atoms with van der Waals surface area (Å²) in [5.74, 6) is 6.33. The van der Waals surface area contributed by atoms with Crippen LogP contribution in [0.15, 0.2) is 122 Å². The van der Waals surface area contributed by atoms with Crippen molar-refractivity contribution in [3.63, 3.8) is 0 Å². The third kappa shape index (κ3) is 7.38. The summed E-state index contributed by atoms with van der Waals surface area (Å²) < 4.78 is 17.1. The van der Waals surface area contributed by atoms with E-state index in [9.17, 15) is 4.55 Å². The Balaban J connectivity index is 1.78. The Labute approximate surface area is 233 Å². The number of nitrogens with two attached hydrogens (primary N) is 2. The van der Waals surface area contributed by atoms with Crippen LogP contribution in [0.3, 0.4) is 0 Å². The zero-order valence-electron chi connectivity index (χ0n) is 20.1. The molecule has 0 spiro atoms. The van der Waals surface area contributed by atoms with Gasteiger partial charge in [-0.1, -0.05) is 91.0 Å². The second kappa shape index (κ2) is 13.7. The van der Waals surface area contributed by atoms with Crippen molar-refractivity contribution in [2.24, 2.45) is 16.7 Å². The summed E-state index contributed by atoms with van der Waals surface area (Å²) in [6, 6.07) is 34.1. The Kier molecular flexibility index (Phi) is 10.1. The molecule has 190 valence electrons. The van der Waals surface area contributed by atoms with E-state index in [1.54, 1.807) is 11.8 Å². The zero-order valence-corrected chi connectivity index (χ0v) is 23.3. The van der Waals surface area contributed by atoms with Crippen molar-refractivity contribution in [2.75, 3.05) is 0 Å². The highest BCUT2D eigenvalue weighted by Gasteiger charge is 2.32. The lowest BCUT2D eigenvalue weighted by atomic mass is 10.2. The van der Waals surface area contributed by atoms with Crippen molar-refractivity contribution in [2.45, 2.75) is 28.6 Å². The molecule has 0 aliphatic heterocycles. The third-order valence-electron chi connectivity index (χ3n) is 5.56. The lowest BCUT2D eigenvalue weighted by Crippen LogP contribution is -2.33. The summed E-state index contributed by atoms with van der Waals surface area (Å²) in [6.07, 6.45) is 0. The van der Waals surface area contributed by atoms with Crippen LogP contribution in [0.4, 0.5) is 0 Å². The van der Waals surface area contributed by atoms with E-state index in [0.717, 1.165) is 21.8 Å². The highest BCUT2D eigenvalue weighted by Crippen LogP contribution is 2.38. The first kappa shape index (κ1) is 27.3. The molecule has 9 heteroatoms. The van der Waals surface area contributed by atoms with Gasteiger partial charge in [-0.15, -0.1) is 21.2 Å². The van der Waals surface area contributed by atoms with Gasteiger partial charge in [0.1, 0.15) is 0 Å². The van der Waals surface area contributed by atoms with Gasteiger partial charge in [0.05, 0.1) is 34.9 Å². The molecular formula is C28H28BrN5OS2. The van der Waals surface area contributed by atoms with E-state index >= 15 is 0 Å². The highest BCUT2D eigenvalue weighted by atomic mass is 79.9. The van der Waals surface area contributed by atoms with Crippen LogP contribution in [0.2, 0.25) is 0 Å². The summed E-state index contributed by atoms with van der Waals surface area (Å²) in [7, 11) is 0. The molecule has 1 atom stereocenters. The molecular weight excluding hydrogens is 566 g/mol. The number of benzene rings is 4. The topological polar surface area (TPSA) is 103 Å². The third-order valence-corrected chi connectivity index (χ3v) is 8.98. The number of hydrazine groups is 1. The molecule has 0 amide bonds. The molecule has 37 heavy (non-hydrogen) atoms. The number of hydrazone groups is 1. The number of thioether (sulfide) groups is 1. The summed E-state index contributed by atoms with van der Waals surface area (Å²) in [5, 5.41) is 4.02. The first-order valence-corrected chi connectivity index (χ1v) is 14.5. The summed E-state index contributed by atoms with van der Waals surface area (Å²) in [4.78, 5) is 1.46. The first-order valence-electron chi connectivity index (χ1n) is 11.6. The van der Waals surface area contributed by atoms with Crippen LogP contribution in [0.5, 0.6) is 0 Å². The van der Waals surface area contributed by atoms with Gasteiger partial charge in [0.15, 0.2) is 10.7 Å². The fourth-order valence-electron chi connectivity index (χ4n) is 3.80. The second-order valence-corrected chi connectivity index (χ2v) is 11.5. The minimum Gasteiger partial charge on any atom is -0.593 e. The molecule has 0 aromatic heterocycles. The number of hydrogen-bond donors (Lipinski definition) is 3. The van der Waals surface area contributed by atoms with Crippen molar-refractivity contribution in [1.82, 2.24) is 9.84 Å².